The highest BCUT2D eigenvalue weighted by Gasteiger charge is 2.53. The van der Waals surface area contributed by atoms with Crippen molar-refractivity contribution < 1.29 is 4.79 Å². The Labute approximate surface area is 122 Å². The van der Waals surface area contributed by atoms with Crippen LogP contribution in [0.5, 0.6) is 0 Å². The van der Waals surface area contributed by atoms with Crippen molar-refractivity contribution in [1.29, 1.82) is 0 Å². The number of allylic oxidation sites excluding steroid dienone is 2. The SMILES string of the molecule is O=C(Nc1ccc(Br)cc1)C1[C@H]2CC/C=C\CC[C@H]12. The van der Waals surface area contributed by atoms with Gasteiger partial charge in [-0.05, 0) is 61.8 Å². The van der Waals surface area contributed by atoms with Crippen molar-refractivity contribution in [2.24, 2.45) is 17.8 Å². The highest BCUT2D eigenvalue weighted by molar-refractivity contribution is 9.10. The Kier molecular flexibility index (Phi) is 3.74. The van der Waals surface area contributed by atoms with Crippen LogP contribution in [0.3, 0.4) is 0 Å². The average molecular weight is 320 g/mol. The van der Waals surface area contributed by atoms with Crippen LogP contribution < -0.4 is 5.32 Å². The second kappa shape index (κ2) is 5.49. The van der Waals surface area contributed by atoms with Gasteiger partial charge in [0.1, 0.15) is 0 Å². The van der Waals surface area contributed by atoms with E-state index < -0.39 is 0 Å². The summed E-state index contributed by atoms with van der Waals surface area (Å²) in [6, 6.07) is 7.78. The molecule has 19 heavy (non-hydrogen) atoms. The van der Waals surface area contributed by atoms with E-state index >= 15 is 0 Å². The maximum atomic E-state index is 12.3. The lowest BCUT2D eigenvalue weighted by Crippen LogP contribution is -2.15. The van der Waals surface area contributed by atoms with Crippen molar-refractivity contribution in [2.75, 3.05) is 5.32 Å². The zero-order chi connectivity index (χ0) is 13.2. The molecule has 0 heterocycles. The summed E-state index contributed by atoms with van der Waals surface area (Å²) in [6.45, 7) is 0. The van der Waals surface area contributed by atoms with Gasteiger partial charge in [-0.25, -0.2) is 0 Å². The number of carbonyl (C=O) groups is 1. The Morgan fingerprint density at radius 3 is 2.21 bits per heavy atom. The molecule has 2 atom stereocenters. The Morgan fingerprint density at radius 1 is 1.05 bits per heavy atom. The highest BCUT2D eigenvalue weighted by Crippen LogP contribution is 2.53. The van der Waals surface area contributed by atoms with Gasteiger partial charge < -0.3 is 5.32 Å². The molecule has 3 rings (SSSR count). The van der Waals surface area contributed by atoms with E-state index in [2.05, 4.69) is 33.4 Å². The first-order valence-electron chi connectivity index (χ1n) is 6.97. The van der Waals surface area contributed by atoms with Crippen LogP contribution >= 0.6 is 15.9 Å². The second-order valence-electron chi connectivity index (χ2n) is 5.48. The van der Waals surface area contributed by atoms with Crippen molar-refractivity contribution in [1.82, 2.24) is 0 Å². The summed E-state index contributed by atoms with van der Waals surface area (Å²) in [5.41, 5.74) is 0.894. The molecule has 2 nitrogen and oxygen atoms in total. The minimum atomic E-state index is 0.208. The molecule has 0 radical (unpaired) electrons. The first kappa shape index (κ1) is 12.9. The Balaban J connectivity index is 1.61. The number of rotatable bonds is 2. The standard InChI is InChI=1S/C16H18BrNO/c17-11-7-9-12(10-8-11)18-16(19)15-13-5-3-1-2-4-6-14(13)15/h1-2,7-10,13-15H,3-6H2,(H,18,19)/b2-1-/t13-,14-/m0/s1. The summed E-state index contributed by atoms with van der Waals surface area (Å²) in [5, 5.41) is 3.05. The van der Waals surface area contributed by atoms with Gasteiger partial charge >= 0.3 is 0 Å². The van der Waals surface area contributed by atoms with E-state index in [0.29, 0.717) is 11.8 Å². The van der Waals surface area contributed by atoms with E-state index in [1.54, 1.807) is 0 Å². The van der Waals surface area contributed by atoms with Gasteiger partial charge in [0.15, 0.2) is 0 Å². The van der Waals surface area contributed by atoms with Gasteiger partial charge in [0.2, 0.25) is 5.91 Å². The molecular formula is C16H18BrNO. The van der Waals surface area contributed by atoms with Gasteiger partial charge in [-0.2, -0.15) is 0 Å². The molecule has 1 saturated carbocycles. The molecule has 1 N–H and O–H groups in total. The monoisotopic (exact) mass is 319 g/mol. The molecule has 0 bridgehead atoms. The Morgan fingerprint density at radius 2 is 1.63 bits per heavy atom. The van der Waals surface area contributed by atoms with Gasteiger partial charge in [0.25, 0.3) is 0 Å². The van der Waals surface area contributed by atoms with Gasteiger partial charge in [0.05, 0.1) is 0 Å². The lowest BCUT2D eigenvalue weighted by atomic mass is 10.1. The normalized spacial score (nSPS) is 30.7. The quantitative estimate of drug-likeness (QED) is 0.805. The van der Waals surface area contributed by atoms with Crippen molar-refractivity contribution in [3.8, 4) is 0 Å². The summed E-state index contributed by atoms with van der Waals surface area (Å²) >= 11 is 3.40. The van der Waals surface area contributed by atoms with Crippen LogP contribution in [0, 0.1) is 17.8 Å². The first-order valence-corrected chi connectivity index (χ1v) is 7.76. The Bertz CT molecular complexity index is 478. The molecule has 0 saturated heterocycles. The van der Waals surface area contributed by atoms with Crippen molar-refractivity contribution >= 4 is 27.5 Å². The molecule has 2 aliphatic rings. The number of benzene rings is 1. The third-order valence-corrected chi connectivity index (χ3v) is 4.77. The summed E-state index contributed by atoms with van der Waals surface area (Å²) in [6.07, 6.45) is 9.11. The summed E-state index contributed by atoms with van der Waals surface area (Å²) in [4.78, 5) is 12.3. The largest absolute Gasteiger partial charge is 0.326 e. The van der Waals surface area contributed by atoms with Crippen molar-refractivity contribution in [2.45, 2.75) is 25.7 Å². The van der Waals surface area contributed by atoms with E-state index in [-0.39, 0.29) is 11.8 Å². The molecule has 3 heteroatoms. The third kappa shape index (κ3) is 2.92. The number of carbonyl (C=O) groups excluding carboxylic acids is 1. The first-order chi connectivity index (χ1) is 9.25. The Hall–Kier alpha value is -1.09. The molecule has 1 aromatic rings. The zero-order valence-electron chi connectivity index (χ0n) is 10.8. The van der Waals surface area contributed by atoms with Gasteiger partial charge in [-0.3, -0.25) is 4.79 Å². The fourth-order valence-corrected chi connectivity index (χ4v) is 3.46. The van der Waals surface area contributed by atoms with E-state index in [1.807, 2.05) is 24.3 Å². The van der Waals surface area contributed by atoms with Gasteiger partial charge in [0, 0.05) is 16.1 Å². The molecule has 100 valence electrons. The predicted octanol–water partition coefficient (Wildman–Crippen LogP) is 4.38. The van der Waals surface area contributed by atoms with Crippen LogP contribution in [-0.4, -0.2) is 5.91 Å². The predicted molar refractivity (Wildman–Crippen MR) is 80.8 cm³/mol. The number of nitrogens with one attached hydrogen (secondary N) is 1. The average Bonchev–Trinajstić information content (AvgIpc) is 3.03. The highest BCUT2D eigenvalue weighted by atomic mass is 79.9. The molecule has 0 aromatic heterocycles. The maximum absolute atomic E-state index is 12.3. The van der Waals surface area contributed by atoms with E-state index in [9.17, 15) is 4.79 Å². The summed E-state index contributed by atoms with van der Waals surface area (Å²) in [5.74, 6) is 1.67. The van der Waals surface area contributed by atoms with Crippen LogP contribution in [-0.2, 0) is 4.79 Å². The molecule has 1 amide bonds. The minimum absolute atomic E-state index is 0.208. The van der Waals surface area contributed by atoms with Crippen LogP contribution in [0.4, 0.5) is 5.69 Å². The van der Waals surface area contributed by atoms with Crippen LogP contribution in [0.2, 0.25) is 0 Å². The van der Waals surface area contributed by atoms with Gasteiger partial charge in [-0.15, -0.1) is 0 Å². The smallest absolute Gasteiger partial charge is 0.228 e. The minimum Gasteiger partial charge on any atom is -0.326 e. The van der Waals surface area contributed by atoms with Crippen LogP contribution in [0.25, 0.3) is 0 Å². The zero-order valence-corrected chi connectivity index (χ0v) is 12.4. The molecule has 1 aromatic carbocycles. The van der Waals surface area contributed by atoms with Crippen molar-refractivity contribution in [3.05, 3.63) is 40.9 Å². The van der Waals surface area contributed by atoms with E-state index in [4.69, 9.17) is 0 Å². The second-order valence-corrected chi connectivity index (χ2v) is 6.39. The maximum Gasteiger partial charge on any atom is 0.228 e. The van der Waals surface area contributed by atoms with Gasteiger partial charge in [-0.1, -0.05) is 28.1 Å². The number of anilines is 1. The lowest BCUT2D eigenvalue weighted by molar-refractivity contribution is -0.117. The topological polar surface area (TPSA) is 29.1 Å². The number of amides is 1. The number of hydrogen-bond donors (Lipinski definition) is 1. The molecule has 1 fully saturated rings. The number of fused-ring (bicyclic) bond motifs is 1. The fraction of sp³-hybridized carbons (Fsp3) is 0.438. The molecule has 0 unspecified atom stereocenters. The number of hydrogen-bond acceptors (Lipinski definition) is 1. The molecular weight excluding hydrogens is 302 g/mol. The van der Waals surface area contributed by atoms with Crippen LogP contribution in [0.1, 0.15) is 25.7 Å². The fourth-order valence-electron chi connectivity index (χ4n) is 3.19. The number of halogens is 1. The van der Waals surface area contributed by atoms with Crippen molar-refractivity contribution in [3.63, 3.8) is 0 Å². The van der Waals surface area contributed by atoms with Crippen LogP contribution in [0.15, 0.2) is 40.9 Å². The molecule has 0 spiro atoms. The summed E-state index contributed by atoms with van der Waals surface area (Å²) in [7, 11) is 0. The van der Waals surface area contributed by atoms with E-state index in [0.717, 1.165) is 23.0 Å². The molecule has 2 aliphatic carbocycles. The molecule has 0 aliphatic heterocycles. The third-order valence-electron chi connectivity index (χ3n) is 4.25. The lowest BCUT2D eigenvalue weighted by Gasteiger charge is -2.04. The van der Waals surface area contributed by atoms with E-state index in [1.165, 1.54) is 12.8 Å². The summed E-state index contributed by atoms with van der Waals surface area (Å²) < 4.78 is 1.03.